The summed E-state index contributed by atoms with van der Waals surface area (Å²) in [5.41, 5.74) is 6.17. The number of hydrogen-bond acceptors (Lipinski definition) is 4. The number of likely N-dealkylation sites (tertiary alicyclic amines) is 1. The molecule has 1 fully saturated rings. The first kappa shape index (κ1) is 23.9. The maximum absolute atomic E-state index is 14.3. The van der Waals surface area contributed by atoms with Crippen LogP contribution in [-0.2, 0) is 6.42 Å². The molecule has 1 atom stereocenters. The second kappa shape index (κ2) is 11.2. The summed E-state index contributed by atoms with van der Waals surface area (Å²) in [5.74, 6) is -1.80. The number of carbonyl (C=O) groups excluding carboxylic acids is 1. The van der Waals surface area contributed by atoms with Crippen molar-refractivity contribution in [2.75, 3.05) is 26.2 Å². The van der Waals surface area contributed by atoms with Crippen LogP contribution in [0.5, 0.6) is 5.75 Å². The Hall–Kier alpha value is -1.78. The second-order valence-electron chi connectivity index (χ2n) is 7.87. The van der Waals surface area contributed by atoms with Crippen LogP contribution in [0.4, 0.5) is 8.78 Å². The summed E-state index contributed by atoms with van der Waals surface area (Å²) in [7, 11) is 0. The van der Waals surface area contributed by atoms with Crippen LogP contribution in [0.15, 0.2) is 30.3 Å². The number of piperidine rings is 1. The average Bonchev–Trinajstić information content (AvgIpc) is 2.70. The fourth-order valence-corrected chi connectivity index (χ4v) is 4.33. The first-order valence-electron chi connectivity index (χ1n) is 10.4. The SMILES string of the molecule is NC(=O)c1c(Cc2ccc(I)cc2F)cc(F)cc1OCC[C@@H](O)CN1CCCCC1. The van der Waals surface area contributed by atoms with E-state index in [1.807, 2.05) is 22.6 Å². The molecule has 0 radical (unpaired) electrons. The molecule has 1 heterocycles. The topological polar surface area (TPSA) is 75.8 Å². The smallest absolute Gasteiger partial charge is 0.252 e. The minimum atomic E-state index is -0.773. The fraction of sp³-hybridized carbons (Fsp3) is 0.435. The van der Waals surface area contributed by atoms with Crippen molar-refractivity contribution < 1.29 is 23.4 Å². The Morgan fingerprint density at radius 1 is 1.16 bits per heavy atom. The molecule has 1 saturated heterocycles. The minimum Gasteiger partial charge on any atom is -0.493 e. The predicted molar refractivity (Wildman–Crippen MR) is 123 cm³/mol. The van der Waals surface area contributed by atoms with Crippen molar-refractivity contribution in [3.8, 4) is 5.75 Å². The van der Waals surface area contributed by atoms with Gasteiger partial charge in [-0.25, -0.2) is 8.78 Å². The second-order valence-corrected chi connectivity index (χ2v) is 9.11. The standard InChI is InChI=1S/C23H27F2IN2O3/c24-17-11-16(10-15-4-5-18(26)13-20(15)25)22(23(27)30)21(12-17)31-9-6-19(29)14-28-7-2-1-3-8-28/h4-5,11-13,19,29H,1-3,6-10,14H2,(H2,27,30)/t19-/m1/s1. The number of hydrogen-bond donors (Lipinski definition) is 2. The number of ether oxygens (including phenoxy) is 1. The van der Waals surface area contributed by atoms with Crippen molar-refractivity contribution in [3.63, 3.8) is 0 Å². The van der Waals surface area contributed by atoms with Crippen LogP contribution in [0.2, 0.25) is 0 Å². The number of primary amides is 1. The van der Waals surface area contributed by atoms with Crippen LogP contribution in [0.25, 0.3) is 0 Å². The number of β-amino-alcohol motifs (C(OH)–C–C–N with tert-alkyl or cyclic N) is 1. The van der Waals surface area contributed by atoms with Crippen molar-refractivity contribution in [2.45, 2.75) is 38.2 Å². The molecule has 3 rings (SSSR count). The van der Waals surface area contributed by atoms with Crippen LogP contribution >= 0.6 is 22.6 Å². The molecule has 0 aliphatic carbocycles. The third-order valence-corrected chi connectivity index (χ3v) is 6.09. The number of amides is 1. The van der Waals surface area contributed by atoms with Crippen molar-refractivity contribution in [1.29, 1.82) is 0 Å². The summed E-state index contributed by atoms with van der Waals surface area (Å²) in [6.07, 6.45) is 3.26. The molecule has 1 aliphatic heterocycles. The largest absolute Gasteiger partial charge is 0.493 e. The molecule has 31 heavy (non-hydrogen) atoms. The van der Waals surface area contributed by atoms with Gasteiger partial charge >= 0.3 is 0 Å². The molecule has 2 aromatic carbocycles. The first-order valence-corrected chi connectivity index (χ1v) is 11.5. The number of rotatable bonds is 9. The van der Waals surface area contributed by atoms with E-state index in [0.717, 1.165) is 35.6 Å². The third-order valence-electron chi connectivity index (χ3n) is 5.42. The maximum atomic E-state index is 14.3. The Morgan fingerprint density at radius 2 is 1.90 bits per heavy atom. The van der Waals surface area contributed by atoms with Gasteiger partial charge in [0.05, 0.1) is 18.3 Å². The molecular formula is C23H27F2IN2O3. The van der Waals surface area contributed by atoms with Gasteiger partial charge in [0, 0.05) is 29.0 Å². The van der Waals surface area contributed by atoms with Crippen LogP contribution in [0, 0.1) is 15.2 Å². The number of carbonyl (C=O) groups is 1. The van der Waals surface area contributed by atoms with Gasteiger partial charge in [-0.3, -0.25) is 4.79 Å². The zero-order valence-corrected chi connectivity index (χ0v) is 19.4. The molecule has 0 saturated carbocycles. The zero-order chi connectivity index (χ0) is 22.4. The summed E-state index contributed by atoms with van der Waals surface area (Å²) in [6, 6.07) is 6.99. The number of nitrogens with two attached hydrogens (primary N) is 1. The van der Waals surface area contributed by atoms with E-state index in [9.17, 15) is 18.7 Å². The monoisotopic (exact) mass is 544 g/mol. The van der Waals surface area contributed by atoms with Crippen molar-refractivity contribution in [3.05, 3.63) is 62.2 Å². The lowest BCUT2D eigenvalue weighted by Crippen LogP contribution is -2.36. The Labute approximate surface area is 194 Å². The van der Waals surface area contributed by atoms with Gasteiger partial charge in [0.1, 0.15) is 17.4 Å². The summed E-state index contributed by atoms with van der Waals surface area (Å²) < 4.78 is 34.9. The summed E-state index contributed by atoms with van der Waals surface area (Å²) >= 11 is 2.00. The molecule has 2 aromatic rings. The Balaban J connectivity index is 1.70. The fourth-order valence-electron chi connectivity index (χ4n) is 3.88. The maximum Gasteiger partial charge on any atom is 0.252 e. The van der Waals surface area contributed by atoms with E-state index in [4.69, 9.17) is 10.5 Å². The first-order chi connectivity index (χ1) is 14.8. The molecule has 0 aromatic heterocycles. The highest BCUT2D eigenvalue weighted by Crippen LogP contribution is 2.27. The van der Waals surface area contributed by atoms with Gasteiger partial charge in [0.25, 0.3) is 5.91 Å². The van der Waals surface area contributed by atoms with E-state index in [1.165, 1.54) is 18.6 Å². The number of benzene rings is 2. The van der Waals surface area contributed by atoms with Gasteiger partial charge in [-0.1, -0.05) is 12.5 Å². The van der Waals surface area contributed by atoms with Gasteiger partial charge < -0.3 is 20.5 Å². The lowest BCUT2D eigenvalue weighted by atomic mass is 9.98. The summed E-state index contributed by atoms with van der Waals surface area (Å²) in [5, 5.41) is 10.3. The third kappa shape index (κ3) is 6.85. The lowest BCUT2D eigenvalue weighted by molar-refractivity contribution is 0.0823. The lowest BCUT2D eigenvalue weighted by Gasteiger charge is -2.28. The van der Waals surface area contributed by atoms with E-state index in [-0.39, 0.29) is 29.9 Å². The highest BCUT2D eigenvalue weighted by atomic mass is 127. The Kier molecular flexibility index (Phi) is 8.62. The number of aliphatic hydroxyl groups is 1. The molecule has 8 heteroatoms. The number of aliphatic hydroxyl groups excluding tert-OH is 1. The molecule has 1 aliphatic rings. The van der Waals surface area contributed by atoms with Crippen LogP contribution in [0.1, 0.15) is 47.2 Å². The van der Waals surface area contributed by atoms with Crippen molar-refractivity contribution in [2.24, 2.45) is 5.73 Å². The number of nitrogens with zero attached hydrogens (tertiary/aromatic N) is 1. The quantitative estimate of drug-likeness (QED) is 0.471. The highest BCUT2D eigenvalue weighted by molar-refractivity contribution is 14.1. The molecule has 1 amide bonds. The summed E-state index contributed by atoms with van der Waals surface area (Å²) in [6.45, 7) is 2.63. The molecule has 3 N–H and O–H groups in total. The van der Waals surface area contributed by atoms with Crippen LogP contribution in [0.3, 0.4) is 0 Å². The number of halogens is 3. The molecule has 0 unspecified atom stereocenters. The van der Waals surface area contributed by atoms with Crippen molar-refractivity contribution >= 4 is 28.5 Å². The molecule has 0 bridgehead atoms. The molecule has 0 spiro atoms. The molecule has 168 valence electrons. The molecule has 5 nitrogen and oxygen atoms in total. The minimum absolute atomic E-state index is 0.00668. The van der Waals surface area contributed by atoms with E-state index in [0.29, 0.717) is 18.5 Å². The van der Waals surface area contributed by atoms with E-state index in [1.54, 1.807) is 12.1 Å². The average molecular weight is 544 g/mol. The summed E-state index contributed by atoms with van der Waals surface area (Å²) in [4.78, 5) is 14.3. The van der Waals surface area contributed by atoms with Crippen LogP contribution < -0.4 is 10.5 Å². The Morgan fingerprint density at radius 3 is 2.58 bits per heavy atom. The van der Waals surface area contributed by atoms with Crippen LogP contribution in [-0.4, -0.2) is 48.3 Å². The van der Waals surface area contributed by atoms with Gasteiger partial charge in [-0.2, -0.15) is 0 Å². The normalized spacial score (nSPS) is 15.6. The van der Waals surface area contributed by atoms with Gasteiger partial charge in [-0.05, 0) is 77.8 Å². The molecular weight excluding hydrogens is 517 g/mol. The predicted octanol–water partition coefficient (Wildman–Crippen LogP) is 3.87. The van der Waals surface area contributed by atoms with Gasteiger partial charge in [0.15, 0.2) is 0 Å². The Bertz CT molecular complexity index is 920. The van der Waals surface area contributed by atoms with Crippen molar-refractivity contribution in [1.82, 2.24) is 4.90 Å². The van der Waals surface area contributed by atoms with E-state index < -0.39 is 23.6 Å². The van der Waals surface area contributed by atoms with Gasteiger partial charge in [0.2, 0.25) is 0 Å². The highest BCUT2D eigenvalue weighted by Gasteiger charge is 2.20. The zero-order valence-electron chi connectivity index (χ0n) is 17.3. The van der Waals surface area contributed by atoms with E-state index in [2.05, 4.69) is 4.90 Å². The van der Waals surface area contributed by atoms with Gasteiger partial charge in [-0.15, -0.1) is 0 Å². The van der Waals surface area contributed by atoms with E-state index >= 15 is 0 Å².